The van der Waals surface area contributed by atoms with E-state index in [0.717, 1.165) is 5.56 Å². The van der Waals surface area contributed by atoms with Gasteiger partial charge >= 0.3 is 0 Å². The molecule has 3 unspecified atom stereocenters. The molecule has 1 aliphatic rings. The molecule has 1 saturated heterocycles. The fourth-order valence-corrected chi connectivity index (χ4v) is 5.55. The van der Waals surface area contributed by atoms with Crippen LogP contribution in [0.25, 0.3) is 0 Å². The lowest BCUT2D eigenvalue weighted by atomic mass is 10.0. The van der Waals surface area contributed by atoms with E-state index in [1.165, 1.54) is 12.1 Å². The van der Waals surface area contributed by atoms with E-state index in [1.54, 1.807) is 17.0 Å². The predicted molar refractivity (Wildman–Crippen MR) is 176 cm³/mol. The number of halogens is 1. The molecule has 11 nitrogen and oxygen atoms in total. The normalized spacial score (nSPS) is 18.7. The number of amides is 4. The van der Waals surface area contributed by atoms with Gasteiger partial charge in [-0.2, -0.15) is 0 Å². The van der Waals surface area contributed by atoms with Gasteiger partial charge in [-0.15, -0.1) is 0 Å². The SMILES string of the molecule is CCCC(NC(=O)[C@@H](Cc1ccccc1)NC(=O)C(N)Cc1ccc(F)cc1)C(=O)N[C@H](CCCCN)C(=O)N1CCC(C)(N)C1. The molecule has 0 bridgehead atoms. The van der Waals surface area contributed by atoms with Crippen molar-refractivity contribution in [3.63, 3.8) is 0 Å². The van der Waals surface area contributed by atoms with Crippen molar-refractivity contribution in [1.29, 1.82) is 0 Å². The third-order valence-electron chi connectivity index (χ3n) is 8.21. The third kappa shape index (κ3) is 11.5. The van der Waals surface area contributed by atoms with E-state index in [1.807, 2.05) is 44.2 Å². The molecule has 3 rings (SSSR count). The lowest BCUT2D eigenvalue weighted by Gasteiger charge is -2.28. The van der Waals surface area contributed by atoms with Gasteiger partial charge in [0.25, 0.3) is 0 Å². The molecule has 12 heteroatoms. The number of nitrogens with one attached hydrogen (secondary N) is 3. The zero-order valence-electron chi connectivity index (χ0n) is 27.0. The van der Waals surface area contributed by atoms with Crippen molar-refractivity contribution >= 4 is 23.6 Å². The Hall–Kier alpha value is -3.87. The van der Waals surface area contributed by atoms with Gasteiger partial charge in [-0.05, 0) is 75.3 Å². The summed E-state index contributed by atoms with van der Waals surface area (Å²) in [6.45, 7) is 5.16. The van der Waals surface area contributed by atoms with Gasteiger partial charge in [-0.3, -0.25) is 19.2 Å². The minimum Gasteiger partial charge on any atom is -0.343 e. The number of hydrogen-bond donors (Lipinski definition) is 6. The largest absolute Gasteiger partial charge is 0.343 e. The van der Waals surface area contributed by atoms with Crippen LogP contribution in [0, 0.1) is 5.82 Å². The van der Waals surface area contributed by atoms with E-state index >= 15 is 0 Å². The van der Waals surface area contributed by atoms with E-state index in [9.17, 15) is 23.6 Å². The smallest absolute Gasteiger partial charge is 0.245 e. The number of rotatable bonds is 17. The van der Waals surface area contributed by atoms with Crippen LogP contribution in [0.4, 0.5) is 4.39 Å². The Balaban J connectivity index is 1.73. The molecule has 1 fully saturated rings. The Morgan fingerprint density at radius 1 is 0.848 bits per heavy atom. The van der Waals surface area contributed by atoms with Gasteiger partial charge in [0.2, 0.25) is 23.6 Å². The molecule has 0 aromatic heterocycles. The van der Waals surface area contributed by atoms with Crippen LogP contribution >= 0.6 is 0 Å². The minimum atomic E-state index is -1.03. The summed E-state index contributed by atoms with van der Waals surface area (Å²) in [4.78, 5) is 55.6. The van der Waals surface area contributed by atoms with Gasteiger partial charge in [0.1, 0.15) is 23.9 Å². The Kier molecular flexibility index (Phi) is 14.1. The number of nitrogens with zero attached hydrogens (tertiary/aromatic N) is 1. The summed E-state index contributed by atoms with van der Waals surface area (Å²) in [5.41, 5.74) is 19.1. The molecule has 0 radical (unpaired) electrons. The highest BCUT2D eigenvalue weighted by atomic mass is 19.1. The zero-order valence-corrected chi connectivity index (χ0v) is 27.0. The molecule has 46 heavy (non-hydrogen) atoms. The minimum absolute atomic E-state index is 0.145. The highest BCUT2D eigenvalue weighted by Gasteiger charge is 2.37. The molecule has 252 valence electrons. The Morgan fingerprint density at radius 2 is 1.46 bits per heavy atom. The summed E-state index contributed by atoms with van der Waals surface area (Å²) >= 11 is 0. The number of likely N-dealkylation sites (tertiary alicyclic amines) is 1. The lowest BCUT2D eigenvalue weighted by molar-refractivity contribution is -0.137. The second-order valence-electron chi connectivity index (χ2n) is 12.5. The molecular formula is C34H50FN7O4. The van der Waals surface area contributed by atoms with E-state index in [2.05, 4.69) is 16.0 Å². The average Bonchev–Trinajstić information content (AvgIpc) is 3.40. The van der Waals surface area contributed by atoms with Crippen LogP contribution in [0.1, 0.15) is 63.5 Å². The van der Waals surface area contributed by atoms with Crippen molar-refractivity contribution in [2.45, 2.75) is 94.9 Å². The van der Waals surface area contributed by atoms with E-state index in [-0.39, 0.29) is 18.7 Å². The fraction of sp³-hybridized carbons (Fsp3) is 0.529. The van der Waals surface area contributed by atoms with Crippen LogP contribution in [-0.2, 0) is 32.0 Å². The summed E-state index contributed by atoms with van der Waals surface area (Å²) in [5, 5.41) is 8.46. The maximum atomic E-state index is 13.7. The van der Waals surface area contributed by atoms with E-state index in [4.69, 9.17) is 17.2 Å². The number of benzene rings is 2. The van der Waals surface area contributed by atoms with Crippen molar-refractivity contribution in [3.8, 4) is 0 Å². The number of hydrogen-bond acceptors (Lipinski definition) is 7. The molecule has 1 heterocycles. The molecule has 0 saturated carbocycles. The van der Waals surface area contributed by atoms with E-state index < -0.39 is 53.2 Å². The van der Waals surface area contributed by atoms with E-state index in [0.29, 0.717) is 63.7 Å². The summed E-state index contributed by atoms with van der Waals surface area (Å²) in [5.74, 6) is -2.18. The summed E-state index contributed by atoms with van der Waals surface area (Å²) in [6.07, 6.45) is 3.64. The summed E-state index contributed by atoms with van der Waals surface area (Å²) in [7, 11) is 0. The van der Waals surface area contributed by atoms with Gasteiger partial charge < -0.3 is 38.1 Å². The molecule has 0 aliphatic carbocycles. The van der Waals surface area contributed by atoms with Crippen LogP contribution in [0.2, 0.25) is 0 Å². The molecular weight excluding hydrogens is 589 g/mol. The fourth-order valence-electron chi connectivity index (χ4n) is 5.55. The van der Waals surface area contributed by atoms with Gasteiger partial charge in [-0.25, -0.2) is 4.39 Å². The summed E-state index contributed by atoms with van der Waals surface area (Å²) < 4.78 is 13.3. The second kappa shape index (κ2) is 17.7. The Labute approximate surface area is 271 Å². The number of carbonyl (C=O) groups is 4. The highest BCUT2D eigenvalue weighted by molar-refractivity contribution is 5.95. The van der Waals surface area contributed by atoms with Gasteiger partial charge in [0, 0.05) is 25.0 Å². The molecule has 5 atom stereocenters. The van der Waals surface area contributed by atoms with Crippen molar-refractivity contribution in [1.82, 2.24) is 20.9 Å². The molecule has 2 aromatic carbocycles. The topological polar surface area (TPSA) is 186 Å². The predicted octanol–water partition coefficient (Wildman–Crippen LogP) is 1.27. The van der Waals surface area contributed by atoms with Crippen molar-refractivity contribution < 1.29 is 23.6 Å². The number of nitrogens with two attached hydrogens (primary N) is 3. The zero-order chi connectivity index (χ0) is 33.7. The lowest BCUT2D eigenvalue weighted by Crippen LogP contribution is -2.58. The standard InChI is InChI=1S/C34H50FN7O4/c1-3-9-27(31(44)40-28(12-7-8-18-36)33(46)42-19-17-34(2,38)22-42)39-32(45)29(21-23-10-5-4-6-11-23)41-30(43)26(37)20-24-13-15-25(35)16-14-24/h4-6,10-11,13-16,26-29H,3,7-9,12,17-22,36-38H2,1-2H3,(H,39,45)(H,40,44)(H,41,43)/t26?,27?,28-,29-,34?/m1/s1. The second-order valence-corrected chi connectivity index (χ2v) is 12.5. The van der Waals surface area contributed by atoms with Gasteiger partial charge in [0.05, 0.1) is 6.04 Å². The highest BCUT2D eigenvalue weighted by Crippen LogP contribution is 2.20. The molecule has 1 aliphatic heterocycles. The average molecular weight is 640 g/mol. The van der Waals surface area contributed by atoms with Crippen molar-refractivity contribution in [3.05, 3.63) is 71.5 Å². The molecule has 9 N–H and O–H groups in total. The quantitative estimate of drug-likeness (QED) is 0.141. The first kappa shape index (κ1) is 36.6. The monoisotopic (exact) mass is 639 g/mol. The maximum absolute atomic E-state index is 13.7. The van der Waals surface area contributed by atoms with Crippen LogP contribution in [0.3, 0.4) is 0 Å². The third-order valence-corrected chi connectivity index (χ3v) is 8.21. The van der Waals surface area contributed by atoms with Crippen LogP contribution in [0.15, 0.2) is 54.6 Å². The van der Waals surface area contributed by atoms with Crippen molar-refractivity contribution in [2.75, 3.05) is 19.6 Å². The van der Waals surface area contributed by atoms with Gasteiger partial charge in [-0.1, -0.05) is 55.8 Å². The molecule has 4 amide bonds. The number of carbonyl (C=O) groups excluding carboxylic acids is 4. The molecule has 0 spiro atoms. The summed E-state index contributed by atoms with van der Waals surface area (Å²) in [6, 6.07) is 11.1. The van der Waals surface area contributed by atoms with Crippen molar-refractivity contribution in [2.24, 2.45) is 17.2 Å². The molecule has 2 aromatic rings. The Bertz CT molecular complexity index is 1290. The first-order valence-corrected chi connectivity index (χ1v) is 16.1. The van der Waals surface area contributed by atoms with Crippen LogP contribution < -0.4 is 33.2 Å². The van der Waals surface area contributed by atoms with Gasteiger partial charge in [0.15, 0.2) is 0 Å². The maximum Gasteiger partial charge on any atom is 0.245 e. The first-order valence-electron chi connectivity index (χ1n) is 16.1. The van der Waals surface area contributed by atoms with Crippen LogP contribution in [-0.4, -0.2) is 77.9 Å². The van der Waals surface area contributed by atoms with Crippen LogP contribution in [0.5, 0.6) is 0 Å². The number of unbranched alkanes of at least 4 members (excludes halogenated alkanes) is 1. The first-order chi connectivity index (χ1) is 21.9. The Morgan fingerprint density at radius 3 is 2.07 bits per heavy atom.